The Morgan fingerprint density at radius 3 is 2.46 bits per heavy atom. The Kier molecular flexibility index (Phi) is 14.1. The largest absolute Gasteiger partial charge is 0.550 e. The molecule has 0 aromatic rings. The molecule has 3 N–H and O–H groups in total. The van der Waals surface area contributed by atoms with Crippen LogP contribution in [0.15, 0.2) is 36.5 Å². The molecule has 0 saturated heterocycles. The summed E-state index contributed by atoms with van der Waals surface area (Å²) in [4.78, 5) is 23.1. The van der Waals surface area contributed by atoms with Crippen LogP contribution < -0.4 is 5.11 Å². The van der Waals surface area contributed by atoms with Crippen LogP contribution in [0.2, 0.25) is 0 Å². The second-order valence-electron chi connectivity index (χ2n) is 10.4. The number of likely N-dealkylation sites (N-methyl/N-ethyl adjacent to an activating group) is 1. The molecule has 1 fully saturated rings. The van der Waals surface area contributed by atoms with Crippen LogP contribution in [0.25, 0.3) is 0 Å². The SMILES string of the molecule is CC/C=C\CC(O)/C=C/C1C(O)CC(O)C1C/C=C/CCCC(=O)OC(CC(=O)[O-])C[N+](C)(C)C. The van der Waals surface area contributed by atoms with Crippen LogP contribution in [0.3, 0.4) is 0 Å². The van der Waals surface area contributed by atoms with Gasteiger partial charge in [0.15, 0.2) is 6.10 Å². The molecule has 1 saturated carbocycles. The monoisotopic (exact) mass is 495 g/mol. The third kappa shape index (κ3) is 13.6. The van der Waals surface area contributed by atoms with Crippen molar-refractivity contribution in [2.75, 3.05) is 27.7 Å². The van der Waals surface area contributed by atoms with E-state index in [0.717, 1.165) is 6.42 Å². The van der Waals surface area contributed by atoms with Gasteiger partial charge in [0.05, 0.1) is 39.5 Å². The summed E-state index contributed by atoms with van der Waals surface area (Å²) in [6, 6.07) is 0. The van der Waals surface area contributed by atoms with Crippen molar-refractivity contribution in [1.82, 2.24) is 0 Å². The third-order valence-electron chi connectivity index (χ3n) is 6.02. The molecule has 0 spiro atoms. The van der Waals surface area contributed by atoms with Gasteiger partial charge in [-0.15, -0.1) is 0 Å². The van der Waals surface area contributed by atoms with Gasteiger partial charge in [0.2, 0.25) is 0 Å². The van der Waals surface area contributed by atoms with Gasteiger partial charge < -0.3 is 34.4 Å². The first kappa shape index (κ1) is 31.0. The van der Waals surface area contributed by atoms with Crippen LogP contribution in [0.5, 0.6) is 0 Å². The van der Waals surface area contributed by atoms with E-state index in [1.165, 1.54) is 0 Å². The zero-order chi connectivity index (χ0) is 26.4. The molecule has 0 amide bonds. The number of carbonyl (C=O) groups excluding carboxylic acids is 2. The highest BCUT2D eigenvalue weighted by molar-refractivity contribution is 5.70. The number of unbranched alkanes of at least 4 members (excludes halogenated alkanes) is 1. The maximum atomic E-state index is 12.1. The molecule has 8 heteroatoms. The van der Waals surface area contributed by atoms with E-state index in [0.29, 0.717) is 43.1 Å². The van der Waals surface area contributed by atoms with Crippen molar-refractivity contribution in [2.45, 2.75) is 82.7 Å². The number of carboxylic acids is 1. The number of allylic oxidation sites excluding steroid dienone is 3. The molecule has 8 nitrogen and oxygen atoms in total. The summed E-state index contributed by atoms with van der Waals surface area (Å²) in [5.41, 5.74) is 0. The van der Waals surface area contributed by atoms with E-state index in [2.05, 4.69) is 0 Å². The van der Waals surface area contributed by atoms with Crippen molar-refractivity contribution in [3.8, 4) is 0 Å². The van der Waals surface area contributed by atoms with Gasteiger partial charge in [-0.3, -0.25) is 4.79 Å². The fourth-order valence-corrected chi connectivity index (χ4v) is 4.36. The summed E-state index contributed by atoms with van der Waals surface area (Å²) in [5, 5.41) is 41.7. The Morgan fingerprint density at radius 1 is 1.11 bits per heavy atom. The van der Waals surface area contributed by atoms with Gasteiger partial charge >= 0.3 is 5.97 Å². The number of nitrogens with zero attached hydrogens (tertiary/aromatic N) is 1. The Bertz CT molecular complexity index is 726. The lowest BCUT2D eigenvalue weighted by atomic mass is 9.89. The molecule has 6 unspecified atom stereocenters. The molecule has 0 aliphatic heterocycles. The van der Waals surface area contributed by atoms with Gasteiger partial charge in [0, 0.05) is 31.1 Å². The zero-order valence-corrected chi connectivity index (χ0v) is 21.7. The average molecular weight is 496 g/mol. The molecule has 0 aromatic carbocycles. The van der Waals surface area contributed by atoms with Gasteiger partial charge in [-0.2, -0.15) is 0 Å². The van der Waals surface area contributed by atoms with Gasteiger partial charge in [-0.25, -0.2) is 0 Å². The number of carbonyl (C=O) groups is 2. The quantitative estimate of drug-likeness (QED) is 0.128. The van der Waals surface area contributed by atoms with Crippen LogP contribution in [-0.4, -0.2) is 83.8 Å². The molecule has 6 atom stereocenters. The minimum Gasteiger partial charge on any atom is -0.550 e. The maximum absolute atomic E-state index is 12.1. The van der Waals surface area contributed by atoms with E-state index >= 15 is 0 Å². The van der Waals surface area contributed by atoms with Crippen molar-refractivity contribution < 1.29 is 39.2 Å². The minimum atomic E-state index is -1.24. The number of aliphatic carboxylic acids is 1. The van der Waals surface area contributed by atoms with Crippen molar-refractivity contribution in [3.05, 3.63) is 36.5 Å². The lowest BCUT2D eigenvalue weighted by Crippen LogP contribution is -2.45. The Labute approximate surface area is 210 Å². The van der Waals surface area contributed by atoms with Crippen molar-refractivity contribution in [1.29, 1.82) is 0 Å². The number of carboxylic acid groups (broad SMARTS) is 1. The summed E-state index contributed by atoms with van der Waals surface area (Å²) >= 11 is 0. The Balaban J connectivity index is 2.47. The summed E-state index contributed by atoms with van der Waals surface area (Å²) in [5.74, 6) is -2.03. The lowest BCUT2D eigenvalue weighted by molar-refractivity contribution is -0.873. The summed E-state index contributed by atoms with van der Waals surface area (Å²) in [7, 11) is 5.69. The molecule has 0 radical (unpaired) electrons. The number of rotatable bonds is 16. The number of quaternary nitrogens is 1. The number of ether oxygens (including phenoxy) is 1. The number of esters is 1. The highest BCUT2D eigenvalue weighted by Gasteiger charge is 2.39. The molecule has 1 aliphatic rings. The number of aliphatic hydroxyl groups excluding tert-OH is 3. The predicted molar refractivity (Wildman–Crippen MR) is 133 cm³/mol. The highest BCUT2D eigenvalue weighted by Crippen LogP contribution is 2.36. The van der Waals surface area contributed by atoms with Gasteiger partial charge in [0.25, 0.3) is 0 Å². The first-order chi connectivity index (χ1) is 16.4. The van der Waals surface area contributed by atoms with E-state index in [1.807, 2.05) is 58.4 Å². The fourth-order valence-electron chi connectivity index (χ4n) is 4.36. The predicted octanol–water partition coefficient (Wildman–Crippen LogP) is 1.49. The fraction of sp³-hybridized carbons (Fsp3) is 0.704. The first-order valence-electron chi connectivity index (χ1n) is 12.6. The van der Waals surface area contributed by atoms with Crippen LogP contribution >= 0.6 is 0 Å². The average Bonchev–Trinajstić information content (AvgIpc) is 2.99. The lowest BCUT2D eigenvalue weighted by Gasteiger charge is -2.29. The number of hydrogen-bond donors (Lipinski definition) is 3. The van der Waals surface area contributed by atoms with Crippen LogP contribution in [0.1, 0.15) is 58.3 Å². The smallest absolute Gasteiger partial charge is 0.306 e. The highest BCUT2D eigenvalue weighted by atomic mass is 16.5. The maximum Gasteiger partial charge on any atom is 0.306 e. The number of hydrogen-bond acceptors (Lipinski definition) is 7. The second kappa shape index (κ2) is 15.9. The molecule has 1 aliphatic carbocycles. The van der Waals surface area contributed by atoms with Crippen LogP contribution in [0.4, 0.5) is 0 Å². The zero-order valence-electron chi connectivity index (χ0n) is 21.7. The van der Waals surface area contributed by atoms with Gasteiger partial charge in [-0.05, 0) is 38.0 Å². The first-order valence-corrected chi connectivity index (χ1v) is 12.6. The van der Waals surface area contributed by atoms with Crippen molar-refractivity contribution in [3.63, 3.8) is 0 Å². The van der Waals surface area contributed by atoms with Crippen molar-refractivity contribution in [2.24, 2.45) is 11.8 Å². The normalized spacial score (nSPS) is 25.0. The summed E-state index contributed by atoms with van der Waals surface area (Å²) in [6.45, 7) is 2.42. The van der Waals surface area contributed by atoms with E-state index in [1.54, 1.807) is 6.08 Å². The Hall–Kier alpha value is -2.00. The van der Waals surface area contributed by atoms with E-state index in [9.17, 15) is 30.0 Å². The molecule has 200 valence electrons. The van der Waals surface area contributed by atoms with E-state index < -0.39 is 36.4 Å². The number of aliphatic hydroxyl groups is 3. The molecular weight excluding hydrogens is 450 g/mol. The topological polar surface area (TPSA) is 127 Å². The molecule has 35 heavy (non-hydrogen) atoms. The molecule has 1 rings (SSSR count). The van der Waals surface area contributed by atoms with E-state index in [-0.39, 0.29) is 24.7 Å². The third-order valence-corrected chi connectivity index (χ3v) is 6.02. The van der Waals surface area contributed by atoms with Gasteiger partial charge in [0.1, 0.15) is 6.54 Å². The molecule has 0 heterocycles. The van der Waals surface area contributed by atoms with Crippen LogP contribution in [-0.2, 0) is 14.3 Å². The minimum absolute atomic E-state index is 0.137. The van der Waals surface area contributed by atoms with E-state index in [4.69, 9.17) is 4.74 Å². The summed E-state index contributed by atoms with van der Waals surface area (Å²) < 4.78 is 5.82. The summed E-state index contributed by atoms with van der Waals surface area (Å²) in [6.07, 6.45) is 12.1. The standard InChI is InChI=1S/C27H45NO7/c1-5-6-9-12-20(29)15-16-23-22(24(30)18-25(23)31)13-10-7-8-11-14-27(34)35-21(17-26(32)33)19-28(2,3)4/h6-7,9-10,15-16,20-25,29-31H,5,8,11-14,17-19H2,1-4H3/b9-6-,10-7+,16-15+. The molecule has 0 bridgehead atoms. The second-order valence-corrected chi connectivity index (χ2v) is 10.4. The van der Waals surface area contributed by atoms with Gasteiger partial charge in [-0.1, -0.05) is 43.4 Å². The van der Waals surface area contributed by atoms with Crippen molar-refractivity contribution >= 4 is 11.9 Å². The molecular formula is C27H45NO7. The van der Waals surface area contributed by atoms with Crippen LogP contribution in [0, 0.1) is 11.8 Å². The Morgan fingerprint density at radius 2 is 1.83 bits per heavy atom. The molecule has 0 aromatic heterocycles.